The number of hydrogen-bond donors (Lipinski definition) is 1. The van der Waals surface area contributed by atoms with Gasteiger partial charge in [0.2, 0.25) is 5.91 Å². The third kappa shape index (κ3) is 2.65. The van der Waals surface area contributed by atoms with E-state index in [0.29, 0.717) is 0 Å². The fraction of sp³-hybridized carbons (Fsp3) is 0.455. The first kappa shape index (κ1) is 11.9. The summed E-state index contributed by atoms with van der Waals surface area (Å²) in [5, 5.41) is 3.78. The highest BCUT2D eigenvalue weighted by atomic mass is 32.1. The summed E-state index contributed by atoms with van der Waals surface area (Å²) in [7, 11) is 0. The molecule has 0 aromatic carbocycles. The van der Waals surface area contributed by atoms with Crippen LogP contribution >= 0.6 is 11.3 Å². The summed E-state index contributed by atoms with van der Waals surface area (Å²) >= 11 is 1.61. The molecule has 3 nitrogen and oxygen atoms in total. The summed E-state index contributed by atoms with van der Waals surface area (Å²) in [6.45, 7) is 11.3. The van der Waals surface area contributed by atoms with E-state index in [1.165, 1.54) is 11.0 Å². The van der Waals surface area contributed by atoms with Crippen molar-refractivity contribution < 1.29 is 4.79 Å². The second kappa shape index (κ2) is 4.14. The molecule has 1 heterocycles. The molecular formula is C11H16N2OS. The van der Waals surface area contributed by atoms with Crippen LogP contribution in [0, 0.1) is 13.8 Å². The molecule has 1 amide bonds. The monoisotopic (exact) mass is 224 g/mol. The maximum absolute atomic E-state index is 11.2. The fourth-order valence-electron chi connectivity index (χ4n) is 1.15. The molecule has 0 radical (unpaired) electrons. The van der Waals surface area contributed by atoms with Gasteiger partial charge in [0.05, 0.1) is 11.2 Å². The molecule has 0 unspecified atom stereocenters. The molecule has 0 atom stereocenters. The first-order valence-corrected chi connectivity index (χ1v) is 5.57. The number of nitrogens with zero attached hydrogens (tertiary/aromatic N) is 1. The molecule has 1 rings (SSSR count). The van der Waals surface area contributed by atoms with Crippen molar-refractivity contribution in [2.45, 2.75) is 33.2 Å². The Labute approximate surface area is 94.2 Å². The van der Waals surface area contributed by atoms with E-state index in [1.54, 1.807) is 11.3 Å². The van der Waals surface area contributed by atoms with Crippen molar-refractivity contribution in [3.63, 3.8) is 0 Å². The molecule has 0 aliphatic heterocycles. The Morgan fingerprint density at radius 1 is 1.53 bits per heavy atom. The molecule has 0 aliphatic rings. The molecule has 82 valence electrons. The third-order valence-corrected chi connectivity index (χ3v) is 3.58. The molecule has 0 spiro atoms. The molecule has 0 saturated heterocycles. The summed E-state index contributed by atoms with van der Waals surface area (Å²) in [5.74, 6) is -0.175. The standard InChI is InChI=1S/C11H16N2OS/c1-6-9(14)13-11(4,5)10-12-7(2)8(3)15-10/h6H,1H2,2-5H3,(H,13,14). The Balaban J connectivity index is 2.94. The molecular weight excluding hydrogens is 208 g/mol. The van der Waals surface area contributed by atoms with Crippen LogP contribution in [0.5, 0.6) is 0 Å². The molecule has 0 fully saturated rings. The minimum Gasteiger partial charge on any atom is -0.341 e. The van der Waals surface area contributed by atoms with Crippen LogP contribution < -0.4 is 5.32 Å². The maximum atomic E-state index is 11.2. The second-order valence-corrected chi connectivity index (χ2v) is 5.18. The summed E-state index contributed by atoms with van der Waals surface area (Å²) < 4.78 is 0. The zero-order valence-electron chi connectivity index (χ0n) is 9.55. The van der Waals surface area contributed by atoms with Gasteiger partial charge in [0.1, 0.15) is 5.01 Å². The van der Waals surface area contributed by atoms with Gasteiger partial charge < -0.3 is 5.32 Å². The summed E-state index contributed by atoms with van der Waals surface area (Å²) in [6, 6.07) is 0. The van der Waals surface area contributed by atoms with Crippen molar-refractivity contribution in [2.75, 3.05) is 0 Å². The van der Waals surface area contributed by atoms with Gasteiger partial charge in [0, 0.05) is 4.88 Å². The number of amides is 1. The third-order valence-electron chi connectivity index (χ3n) is 2.18. The van der Waals surface area contributed by atoms with Gasteiger partial charge in [0.15, 0.2) is 0 Å². The minimum absolute atomic E-state index is 0.175. The van der Waals surface area contributed by atoms with Gasteiger partial charge in [0.25, 0.3) is 0 Å². The van der Waals surface area contributed by atoms with Crippen LogP contribution in [0.15, 0.2) is 12.7 Å². The van der Waals surface area contributed by atoms with E-state index >= 15 is 0 Å². The highest BCUT2D eigenvalue weighted by molar-refractivity contribution is 7.11. The van der Waals surface area contributed by atoms with Crippen LogP contribution in [-0.2, 0) is 10.3 Å². The molecule has 15 heavy (non-hydrogen) atoms. The molecule has 4 heteroatoms. The van der Waals surface area contributed by atoms with Crippen molar-refractivity contribution in [1.29, 1.82) is 0 Å². The summed E-state index contributed by atoms with van der Waals surface area (Å²) in [6.07, 6.45) is 1.27. The molecule has 1 N–H and O–H groups in total. The van der Waals surface area contributed by atoms with E-state index < -0.39 is 5.54 Å². The topological polar surface area (TPSA) is 42.0 Å². The number of carbonyl (C=O) groups is 1. The van der Waals surface area contributed by atoms with Gasteiger partial charge in [-0.2, -0.15) is 0 Å². The number of nitrogens with one attached hydrogen (secondary N) is 1. The highest BCUT2D eigenvalue weighted by Crippen LogP contribution is 2.26. The van der Waals surface area contributed by atoms with Crippen molar-refractivity contribution in [1.82, 2.24) is 10.3 Å². The van der Waals surface area contributed by atoms with Crippen LogP contribution in [0.1, 0.15) is 29.4 Å². The lowest BCUT2D eigenvalue weighted by Crippen LogP contribution is -2.39. The number of rotatable bonds is 3. The van der Waals surface area contributed by atoms with Crippen LogP contribution in [0.25, 0.3) is 0 Å². The van der Waals surface area contributed by atoms with E-state index in [-0.39, 0.29) is 5.91 Å². The average Bonchev–Trinajstić information content (AvgIpc) is 2.47. The quantitative estimate of drug-likeness (QED) is 0.800. The first-order chi connectivity index (χ1) is 6.86. The van der Waals surface area contributed by atoms with Gasteiger partial charge in [-0.15, -0.1) is 11.3 Å². The van der Waals surface area contributed by atoms with Crippen molar-refractivity contribution >= 4 is 17.2 Å². The number of carbonyl (C=O) groups excluding carboxylic acids is 1. The maximum Gasteiger partial charge on any atom is 0.244 e. The smallest absolute Gasteiger partial charge is 0.244 e. The van der Waals surface area contributed by atoms with Gasteiger partial charge in [-0.1, -0.05) is 6.58 Å². The van der Waals surface area contributed by atoms with Gasteiger partial charge in [-0.3, -0.25) is 4.79 Å². The highest BCUT2D eigenvalue weighted by Gasteiger charge is 2.25. The fourth-order valence-corrected chi connectivity index (χ4v) is 2.12. The Morgan fingerprint density at radius 2 is 2.13 bits per heavy atom. The average molecular weight is 224 g/mol. The van der Waals surface area contributed by atoms with Crippen LogP contribution in [0.3, 0.4) is 0 Å². The van der Waals surface area contributed by atoms with E-state index in [4.69, 9.17) is 0 Å². The lowest BCUT2D eigenvalue weighted by molar-refractivity contribution is -0.118. The Morgan fingerprint density at radius 3 is 2.53 bits per heavy atom. The van der Waals surface area contributed by atoms with Crippen molar-refractivity contribution in [2.24, 2.45) is 0 Å². The lowest BCUT2D eigenvalue weighted by atomic mass is 10.1. The van der Waals surface area contributed by atoms with Gasteiger partial charge >= 0.3 is 0 Å². The van der Waals surface area contributed by atoms with E-state index in [9.17, 15) is 4.79 Å². The van der Waals surface area contributed by atoms with Crippen molar-refractivity contribution in [3.8, 4) is 0 Å². The number of hydrogen-bond acceptors (Lipinski definition) is 3. The normalized spacial score (nSPS) is 11.2. The van der Waals surface area contributed by atoms with Crippen LogP contribution in [-0.4, -0.2) is 10.9 Å². The molecule has 0 aliphatic carbocycles. The zero-order valence-corrected chi connectivity index (χ0v) is 10.4. The molecule has 1 aromatic rings. The first-order valence-electron chi connectivity index (χ1n) is 4.76. The Kier molecular flexibility index (Phi) is 3.29. The molecule has 1 aromatic heterocycles. The zero-order chi connectivity index (χ0) is 11.6. The summed E-state index contributed by atoms with van der Waals surface area (Å²) in [4.78, 5) is 16.9. The largest absolute Gasteiger partial charge is 0.341 e. The van der Waals surface area contributed by atoms with E-state index in [0.717, 1.165) is 10.7 Å². The van der Waals surface area contributed by atoms with Gasteiger partial charge in [-0.05, 0) is 33.8 Å². The minimum atomic E-state index is -0.436. The predicted octanol–water partition coefficient (Wildman–Crippen LogP) is 2.30. The Hall–Kier alpha value is -1.16. The second-order valence-electron chi connectivity index (χ2n) is 3.98. The van der Waals surface area contributed by atoms with Crippen molar-refractivity contribution in [3.05, 3.63) is 28.2 Å². The van der Waals surface area contributed by atoms with E-state index in [2.05, 4.69) is 16.9 Å². The van der Waals surface area contributed by atoms with Gasteiger partial charge in [-0.25, -0.2) is 4.98 Å². The lowest BCUT2D eigenvalue weighted by Gasteiger charge is -2.22. The SMILES string of the molecule is C=CC(=O)NC(C)(C)c1nc(C)c(C)s1. The molecule has 0 bridgehead atoms. The number of aromatic nitrogens is 1. The number of thiazole rings is 1. The Bertz CT molecular complexity index is 374. The number of aryl methyl sites for hydroxylation is 2. The van der Waals surface area contributed by atoms with Crippen LogP contribution in [0.2, 0.25) is 0 Å². The van der Waals surface area contributed by atoms with E-state index in [1.807, 2.05) is 27.7 Å². The molecule has 0 saturated carbocycles. The van der Waals surface area contributed by atoms with Crippen LogP contribution in [0.4, 0.5) is 0 Å². The predicted molar refractivity (Wildman–Crippen MR) is 63.0 cm³/mol. The summed E-state index contributed by atoms with van der Waals surface area (Å²) in [5.41, 5.74) is 0.588.